The number of pyridine rings is 2. The topological polar surface area (TPSA) is 67.3 Å². The van der Waals surface area contributed by atoms with Gasteiger partial charge in [-0.25, -0.2) is 4.98 Å². The number of hydrogen-bond donors (Lipinski definition) is 1. The van der Waals surface area contributed by atoms with Crippen molar-refractivity contribution in [2.24, 2.45) is 0 Å². The Bertz CT molecular complexity index is 1050. The molecule has 1 unspecified atom stereocenters. The van der Waals surface area contributed by atoms with Crippen LogP contribution < -0.4 is 10.1 Å². The zero-order valence-electron chi connectivity index (χ0n) is 19.0. The molecular formula is C26H32N4O2. The Morgan fingerprint density at radius 2 is 2.06 bits per heavy atom. The lowest BCUT2D eigenvalue weighted by atomic mass is 10.0. The van der Waals surface area contributed by atoms with Gasteiger partial charge in [0.15, 0.2) is 0 Å². The lowest BCUT2D eigenvalue weighted by Crippen LogP contribution is -2.39. The quantitative estimate of drug-likeness (QED) is 0.523. The molecule has 0 spiro atoms. The molecule has 1 fully saturated rings. The van der Waals surface area contributed by atoms with Gasteiger partial charge in [-0.2, -0.15) is 0 Å². The van der Waals surface area contributed by atoms with Crippen molar-refractivity contribution in [1.82, 2.24) is 20.2 Å². The highest BCUT2D eigenvalue weighted by atomic mass is 16.5. The number of rotatable bonds is 8. The van der Waals surface area contributed by atoms with Crippen LogP contribution in [0.25, 0.3) is 22.2 Å². The Morgan fingerprint density at radius 3 is 2.84 bits per heavy atom. The SMILES string of the molecule is CCOc1ccc(-c2cc(C(=O)NCCCN3CCCCC3C)c3ccncc3n2)cc1. The number of fused-ring (bicyclic) bond motifs is 1. The van der Waals surface area contributed by atoms with Crippen molar-refractivity contribution in [3.63, 3.8) is 0 Å². The van der Waals surface area contributed by atoms with Crippen LogP contribution in [-0.2, 0) is 0 Å². The summed E-state index contributed by atoms with van der Waals surface area (Å²) in [6.45, 7) is 7.75. The minimum absolute atomic E-state index is 0.0671. The molecule has 0 saturated carbocycles. The molecule has 1 N–H and O–H groups in total. The fraction of sp³-hybridized carbons (Fsp3) is 0.423. The number of hydrogen-bond acceptors (Lipinski definition) is 5. The van der Waals surface area contributed by atoms with Gasteiger partial charge in [-0.1, -0.05) is 6.42 Å². The van der Waals surface area contributed by atoms with Crippen molar-refractivity contribution < 1.29 is 9.53 Å². The van der Waals surface area contributed by atoms with Gasteiger partial charge in [0.1, 0.15) is 5.75 Å². The van der Waals surface area contributed by atoms with Crippen molar-refractivity contribution in [2.75, 3.05) is 26.2 Å². The number of nitrogens with zero attached hydrogens (tertiary/aromatic N) is 3. The van der Waals surface area contributed by atoms with Crippen LogP contribution in [0.2, 0.25) is 0 Å². The Labute approximate surface area is 190 Å². The van der Waals surface area contributed by atoms with Crippen LogP contribution in [0.4, 0.5) is 0 Å². The highest BCUT2D eigenvalue weighted by molar-refractivity contribution is 6.07. The van der Waals surface area contributed by atoms with Gasteiger partial charge in [0.25, 0.3) is 5.91 Å². The summed E-state index contributed by atoms with van der Waals surface area (Å²) in [6, 6.07) is 12.2. The number of piperidine rings is 1. The molecule has 3 heterocycles. The van der Waals surface area contributed by atoms with Crippen molar-refractivity contribution >= 4 is 16.8 Å². The largest absolute Gasteiger partial charge is 0.494 e. The maximum Gasteiger partial charge on any atom is 0.252 e. The fourth-order valence-electron chi connectivity index (χ4n) is 4.37. The third-order valence-corrected chi connectivity index (χ3v) is 6.17. The van der Waals surface area contributed by atoms with Crippen LogP contribution in [0, 0.1) is 0 Å². The summed E-state index contributed by atoms with van der Waals surface area (Å²) in [5.41, 5.74) is 3.03. The van der Waals surface area contributed by atoms with E-state index in [-0.39, 0.29) is 5.91 Å². The summed E-state index contributed by atoms with van der Waals surface area (Å²) in [5.74, 6) is 0.752. The molecule has 2 aromatic heterocycles. The molecule has 1 saturated heterocycles. The molecule has 6 heteroatoms. The summed E-state index contributed by atoms with van der Waals surface area (Å²) in [6.07, 6.45) is 8.25. The van der Waals surface area contributed by atoms with Gasteiger partial charge in [0.05, 0.1) is 29.6 Å². The molecule has 168 valence electrons. The highest BCUT2D eigenvalue weighted by Gasteiger charge is 2.18. The number of ether oxygens (including phenoxy) is 1. The summed E-state index contributed by atoms with van der Waals surface area (Å²) in [4.78, 5) is 24.6. The molecule has 1 aliphatic heterocycles. The first kappa shape index (κ1) is 22.2. The van der Waals surface area contributed by atoms with Gasteiger partial charge in [-0.3, -0.25) is 9.78 Å². The molecule has 0 bridgehead atoms. The van der Waals surface area contributed by atoms with Crippen LogP contribution in [-0.4, -0.2) is 53.1 Å². The van der Waals surface area contributed by atoms with Gasteiger partial charge < -0.3 is 15.0 Å². The minimum Gasteiger partial charge on any atom is -0.494 e. The first-order valence-electron chi connectivity index (χ1n) is 11.7. The molecule has 0 aliphatic carbocycles. The monoisotopic (exact) mass is 432 g/mol. The van der Waals surface area contributed by atoms with Crippen LogP contribution in [0.5, 0.6) is 5.75 Å². The van der Waals surface area contributed by atoms with E-state index in [0.29, 0.717) is 30.3 Å². The molecular weight excluding hydrogens is 400 g/mol. The van der Waals surface area contributed by atoms with E-state index in [4.69, 9.17) is 9.72 Å². The predicted octanol–water partition coefficient (Wildman–Crippen LogP) is 4.69. The number of aromatic nitrogens is 2. The summed E-state index contributed by atoms with van der Waals surface area (Å²) < 4.78 is 5.54. The first-order chi connectivity index (χ1) is 15.7. The van der Waals surface area contributed by atoms with E-state index in [2.05, 4.69) is 22.1 Å². The number of amides is 1. The Hall–Kier alpha value is -2.99. The first-order valence-corrected chi connectivity index (χ1v) is 11.7. The van der Waals surface area contributed by atoms with Crippen molar-refractivity contribution in [3.05, 3.63) is 54.4 Å². The normalized spacial score (nSPS) is 16.8. The van der Waals surface area contributed by atoms with Gasteiger partial charge in [-0.05, 0) is 76.1 Å². The number of nitrogens with one attached hydrogen (secondary N) is 1. The average Bonchev–Trinajstić information content (AvgIpc) is 2.82. The maximum absolute atomic E-state index is 13.1. The maximum atomic E-state index is 13.1. The van der Waals surface area contributed by atoms with E-state index in [1.807, 2.05) is 43.3 Å². The third kappa shape index (κ3) is 5.25. The fourth-order valence-corrected chi connectivity index (χ4v) is 4.37. The lowest BCUT2D eigenvalue weighted by molar-refractivity contribution is 0.0950. The van der Waals surface area contributed by atoms with Crippen molar-refractivity contribution in [3.8, 4) is 17.0 Å². The summed E-state index contributed by atoms with van der Waals surface area (Å²) in [5, 5.41) is 3.93. The van der Waals surface area contributed by atoms with Crippen LogP contribution in [0.3, 0.4) is 0 Å². The van der Waals surface area contributed by atoms with E-state index in [9.17, 15) is 4.79 Å². The van der Waals surface area contributed by atoms with Crippen LogP contribution in [0.15, 0.2) is 48.8 Å². The number of carbonyl (C=O) groups is 1. The molecule has 1 amide bonds. The third-order valence-electron chi connectivity index (χ3n) is 6.17. The lowest BCUT2D eigenvalue weighted by Gasteiger charge is -2.33. The molecule has 6 nitrogen and oxygen atoms in total. The minimum atomic E-state index is -0.0671. The Morgan fingerprint density at radius 1 is 1.22 bits per heavy atom. The zero-order chi connectivity index (χ0) is 22.3. The average molecular weight is 433 g/mol. The molecule has 1 aliphatic rings. The smallest absolute Gasteiger partial charge is 0.252 e. The standard InChI is InChI=1S/C26H32N4O2/c1-3-32-21-10-8-20(9-11-21)24-17-23(22-12-14-27-18-25(22)29-24)26(31)28-13-6-16-30-15-5-4-7-19(30)2/h8-12,14,17-19H,3-7,13,15-16H2,1-2H3,(H,28,31). The molecule has 4 rings (SSSR count). The van der Waals surface area contributed by atoms with E-state index < -0.39 is 0 Å². The second kappa shape index (κ2) is 10.6. The molecule has 1 aromatic carbocycles. The Balaban J connectivity index is 1.48. The van der Waals surface area contributed by atoms with Gasteiger partial charge >= 0.3 is 0 Å². The predicted molar refractivity (Wildman–Crippen MR) is 128 cm³/mol. The summed E-state index contributed by atoms with van der Waals surface area (Å²) in [7, 11) is 0. The molecule has 32 heavy (non-hydrogen) atoms. The number of likely N-dealkylation sites (tertiary alicyclic amines) is 1. The number of carbonyl (C=O) groups excluding carboxylic acids is 1. The van der Waals surface area contributed by atoms with Crippen LogP contribution in [0.1, 0.15) is 49.9 Å². The van der Waals surface area contributed by atoms with Gasteiger partial charge in [0.2, 0.25) is 0 Å². The van der Waals surface area contributed by atoms with E-state index in [1.54, 1.807) is 12.4 Å². The van der Waals surface area contributed by atoms with Gasteiger partial charge in [-0.15, -0.1) is 0 Å². The molecule has 0 radical (unpaired) electrons. The summed E-state index contributed by atoms with van der Waals surface area (Å²) >= 11 is 0. The van der Waals surface area contributed by atoms with E-state index in [0.717, 1.165) is 35.4 Å². The number of benzene rings is 1. The zero-order valence-corrected chi connectivity index (χ0v) is 19.0. The second-order valence-electron chi connectivity index (χ2n) is 8.40. The van der Waals surface area contributed by atoms with Crippen molar-refractivity contribution in [1.29, 1.82) is 0 Å². The van der Waals surface area contributed by atoms with Crippen LogP contribution >= 0.6 is 0 Å². The highest BCUT2D eigenvalue weighted by Crippen LogP contribution is 2.26. The Kier molecular flexibility index (Phi) is 7.32. The van der Waals surface area contributed by atoms with Gasteiger partial charge in [0, 0.05) is 36.3 Å². The second-order valence-corrected chi connectivity index (χ2v) is 8.40. The van der Waals surface area contributed by atoms with E-state index >= 15 is 0 Å². The van der Waals surface area contributed by atoms with Crippen molar-refractivity contribution in [2.45, 2.75) is 45.6 Å². The molecule has 1 atom stereocenters. The molecule has 3 aromatic rings. The van der Waals surface area contributed by atoms with E-state index in [1.165, 1.54) is 25.8 Å².